The first-order valence-corrected chi connectivity index (χ1v) is 7.04. The molecule has 1 atom stereocenters. The quantitative estimate of drug-likeness (QED) is 0.844. The number of amides is 1. The summed E-state index contributed by atoms with van der Waals surface area (Å²) >= 11 is 0. The van der Waals surface area contributed by atoms with Crippen LogP contribution >= 0.6 is 0 Å². The molecule has 0 spiro atoms. The molecule has 7 heteroatoms. The molecule has 22 heavy (non-hydrogen) atoms. The van der Waals surface area contributed by atoms with Crippen LogP contribution in [-0.2, 0) is 11.3 Å². The number of hydrogen-bond donors (Lipinski definition) is 2. The summed E-state index contributed by atoms with van der Waals surface area (Å²) < 4.78 is 1.32. The van der Waals surface area contributed by atoms with Gasteiger partial charge in [0.15, 0.2) is 5.69 Å². The predicted octanol–water partition coefficient (Wildman–Crippen LogP) is 1.56. The smallest absolute Gasteiger partial charge is 0.358 e. The summed E-state index contributed by atoms with van der Waals surface area (Å²) in [6.45, 7) is 3.80. The maximum atomic E-state index is 12.0. The standard InChI is InChI=1S/C15H18N4O3/c1-3-10(2)16-12(20)9-19-14(11-7-5-4-6-8-11)13(15(21)22)17-18-19/h4-8,10H,3,9H2,1-2H3,(H,16,20)(H,21,22). The molecule has 1 amide bonds. The monoisotopic (exact) mass is 302 g/mol. The van der Waals surface area contributed by atoms with Crippen molar-refractivity contribution < 1.29 is 14.7 Å². The summed E-state index contributed by atoms with van der Waals surface area (Å²) in [5.74, 6) is -1.40. The number of aromatic carboxylic acids is 1. The summed E-state index contributed by atoms with van der Waals surface area (Å²) in [6, 6.07) is 8.97. The number of nitrogens with zero attached hydrogens (tertiary/aromatic N) is 3. The Morgan fingerprint density at radius 1 is 1.32 bits per heavy atom. The Balaban J connectivity index is 2.33. The lowest BCUT2D eigenvalue weighted by Gasteiger charge is -2.12. The number of rotatable bonds is 6. The van der Waals surface area contributed by atoms with E-state index in [4.69, 9.17) is 0 Å². The molecule has 0 saturated heterocycles. The summed E-state index contributed by atoms with van der Waals surface area (Å²) in [4.78, 5) is 23.3. The Morgan fingerprint density at radius 2 is 2.00 bits per heavy atom. The minimum absolute atomic E-state index is 0.0511. The average Bonchev–Trinajstić information content (AvgIpc) is 2.91. The Kier molecular flexibility index (Phi) is 4.88. The van der Waals surface area contributed by atoms with Gasteiger partial charge >= 0.3 is 5.97 Å². The zero-order valence-electron chi connectivity index (χ0n) is 12.5. The SMILES string of the molecule is CCC(C)NC(=O)Cn1nnc(C(=O)O)c1-c1ccccc1. The van der Waals surface area contributed by atoms with Gasteiger partial charge in [-0.15, -0.1) is 5.10 Å². The summed E-state index contributed by atoms with van der Waals surface area (Å²) in [6.07, 6.45) is 0.814. The van der Waals surface area contributed by atoms with E-state index in [1.807, 2.05) is 19.9 Å². The van der Waals surface area contributed by atoms with Crippen molar-refractivity contribution in [2.24, 2.45) is 0 Å². The van der Waals surface area contributed by atoms with Crippen LogP contribution in [0.4, 0.5) is 0 Å². The molecule has 2 rings (SSSR count). The van der Waals surface area contributed by atoms with E-state index < -0.39 is 5.97 Å². The van der Waals surface area contributed by atoms with E-state index in [0.29, 0.717) is 11.3 Å². The number of hydrogen-bond acceptors (Lipinski definition) is 4. The normalized spacial score (nSPS) is 11.9. The second-order valence-electron chi connectivity index (χ2n) is 4.99. The van der Waals surface area contributed by atoms with Gasteiger partial charge in [-0.05, 0) is 13.3 Å². The molecule has 1 unspecified atom stereocenters. The lowest BCUT2D eigenvalue weighted by molar-refractivity contribution is -0.122. The van der Waals surface area contributed by atoms with Gasteiger partial charge in [-0.2, -0.15) is 0 Å². The van der Waals surface area contributed by atoms with Crippen LogP contribution in [0.5, 0.6) is 0 Å². The molecule has 2 N–H and O–H groups in total. The zero-order chi connectivity index (χ0) is 16.1. The van der Waals surface area contributed by atoms with E-state index in [-0.39, 0.29) is 24.2 Å². The number of carbonyl (C=O) groups is 2. The van der Waals surface area contributed by atoms with Gasteiger partial charge in [0, 0.05) is 11.6 Å². The maximum Gasteiger partial charge on any atom is 0.358 e. The molecule has 1 aromatic carbocycles. The Morgan fingerprint density at radius 3 is 2.59 bits per heavy atom. The highest BCUT2D eigenvalue weighted by atomic mass is 16.4. The van der Waals surface area contributed by atoms with Gasteiger partial charge in [-0.25, -0.2) is 9.48 Å². The first-order chi connectivity index (χ1) is 10.5. The summed E-state index contributed by atoms with van der Waals surface area (Å²) in [5.41, 5.74) is 0.816. The van der Waals surface area contributed by atoms with Crippen molar-refractivity contribution in [2.75, 3.05) is 0 Å². The fourth-order valence-electron chi connectivity index (χ4n) is 2.01. The number of carboxylic acid groups (broad SMARTS) is 1. The predicted molar refractivity (Wildman–Crippen MR) is 80.3 cm³/mol. The van der Waals surface area contributed by atoms with Crippen LogP contribution in [-0.4, -0.2) is 38.0 Å². The van der Waals surface area contributed by atoms with Crippen molar-refractivity contribution in [1.29, 1.82) is 0 Å². The van der Waals surface area contributed by atoms with Gasteiger partial charge in [-0.3, -0.25) is 4.79 Å². The molecular weight excluding hydrogens is 284 g/mol. The van der Waals surface area contributed by atoms with E-state index in [1.165, 1.54) is 4.68 Å². The van der Waals surface area contributed by atoms with E-state index in [0.717, 1.165) is 6.42 Å². The third kappa shape index (κ3) is 3.49. The minimum Gasteiger partial charge on any atom is -0.476 e. The highest BCUT2D eigenvalue weighted by Gasteiger charge is 2.21. The number of aromatic nitrogens is 3. The van der Waals surface area contributed by atoms with E-state index in [1.54, 1.807) is 24.3 Å². The minimum atomic E-state index is -1.17. The molecule has 1 heterocycles. The largest absolute Gasteiger partial charge is 0.476 e. The van der Waals surface area contributed by atoms with Gasteiger partial charge in [0.1, 0.15) is 12.2 Å². The van der Waals surface area contributed by atoms with E-state index in [2.05, 4.69) is 15.6 Å². The molecule has 0 aliphatic heterocycles. The van der Waals surface area contributed by atoms with Crippen molar-refractivity contribution >= 4 is 11.9 Å². The fraction of sp³-hybridized carbons (Fsp3) is 0.333. The van der Waals surface area contributed by atoms with Crippen molar-refractivity contribution in [3.63, 3.8) is 0 Å². The second-order valence-corrected chi connectivity index (χ2v) is 4.99. The van der Waals surface area contributed by atoms with Gasteiger partial charge in [0.25, 0.3) is 0 Å². The van der Waals surface area contributed by atoms with Crippen LogP contribution in [0, 0.1) is 0 Å². The maximum absolute atomic E-state index is 12.0. The molecule has 0 fully saturated rings. The molecule has 7 nitrogen and oxygen atoms in total. The molecule has 2 aromatic rings. The van der Waals surface area contributed by atoms with Crippen LogP contribution in [0.25, 0.3) is 11.3 Å². The van der Waals surface area contributed by atoms with Crippen molar-refractivity contribution in [2.45, 2.75) is 32.9 Å². The van der Waals surface area contributed by atoms with Crippen LogP contribution < -0.4 is 5.32 Å². The number of carbonyl (C=O) groups excluding carboxylic acids is 1. The van der Waals surface area contributed by atoms with Crippen molar-refractivity contribution in [1.82, 2.24) is 20.3 Å². The topological polar surface area (TPSA) is 97.1 Å². The molecule has 0 saturated carbocycles. The first-order valence-electron chi connectivity index (χ1n) is 7.04. The summed E-state index contributed by atoms with van der Waals surface area (Å²) in [7, 11) is 0. The van der Waals surface area contributed by atoms with Crippen LogP contribution in [0.3, 0.4) is 0 Å². The Labute approximate surface area is 128 Å². The lowest BCUT2D eigenvalue weighted by atomic mass is 10.1. The highest BCUT2D eigenvalue weighted by Crippen LogP contribution is 2.21. The fourth-order valence-corrected chi connectivity index (χ4v) is 2.01. The second kappa shape index (κ2) is 6.84. The van der Waals surface area contributed by atoms with Crippen LogP contribution in [0.1, 0.15) is 30.8 Å². The lowest BCUT2D eigenvalue weighted by Crippen LogP contribution is -2.35. The molecule has 0 bridgehead atoms. The molecule has 0 aliphatic carbocycles. The number of nitrogens with one attached hydrogen (secondary N) is 1. The third-order valence-corrected chi connectivity index (χ3v) is 3.30. The van der Waals surface area contributed by atoms with E-state index >= 15 is 0 Å². The number of benzene rings is 1. The third-order valence-electron chi connectivity index (χ3n) is 3.30. The van der Waals surface area contributed by atoms with Gasteiger partial charge in [0.05, 0.1) is 0 Å². The van der Waals surface area contributed by atoms with Crippen molar-refractivity contribution in [3.05, 3.63) is 36.0 Å². The van der Waals surface area contributed by atoms with Gasteiger partial charge < -0.3 is 10.4 Å². The molecular formula is C15H18N4O3. The number of carboxylic acids is 1. The van der Waals surface area contributed by atoms with Crippen LogP contribution in [0.15, 0.2) is 30.3 Å². The molecule has 116 valence electrons. The molecule has 1 aromatic heterocycles. The first kappa shape index (κ1) is 15.7. The Hall–Kier alpha value is -2.70. The molecule has 0 radical (unpaired) electrons. The average molecular weight is 302 g/mol. The van der Waals surface area contributed by atoms with Crippen LogP contribution in [0.2, 0.25) is 0 Å². The van der Waals surface area contributed by atoms with Crippen molar-refractivity contribution in [3.8, 4) is 11.3 Å². The van der Waals surface area contributed by atoms with E-state index in [9.17, 15) is 14.7 Å². The Bertz CT molecular complexity index is 667. The van der Waals surface area contributed by atoms with Gasteiger partial charge in [0.2, 0.25) is 5.91 Å². The highest BCUT2D eigenvalue weighted by molar-refractivity contribution is 5.93. The molecule has 0 aliphatic rings. The zero-order valence-corrected chi connectivity index (χ0v) is 12.5. The summed E-state index contributed by atoms with van der Waals surface area (Å²) in [5, 5.41) is 19.6. The van der Waals surface area contributed by atoms with Gasteiger partial charge in [-0.1, -0.05) is 42.5 Å².